The normalized spacial score (nSPS) is 12.3. The van der Waals surface area contributed by atoms with Crippen LogP contribution in [0, 0.1) is 12.8 Å². The molecule has 0 bridgehead atoms. The number of hydrogen-bond donors (Lipinski definition) is 3. The molecule has 94 valence electrons. The molecule has 0 aliphatic carbocycles. The first-order valence-electron chi connectivity index (χ1n) is 5.64. The highest BCUT2D eigenvalue weighted by Gasteiger charge is 2.10. The largest absolute Gasteiger partial charge is 0.391 e. The van der Waals surface area contributed by atoms with E-state index in [1.807, 2.05) is 20.8 Å². The van der Waals surface area contributed by atoms with Crippen LogP contribution in [0.1, 0.15) is 19.4 Å². The van der Waals surface area contributed by atoms with Gasteiger partial charge in [-0.3, -0.25) is 4.98 Å². The van der Waals surface area contributed by atoms with Crippen LogP contribution in [0.3, 0.4) is 0 Å². The quantitative estimate of drug-likeness (QED) is 0.743. The summed E-state index contributed by atoms with van der Waals surface area (Å²) in [6.45, 7) is 5.91. The number of aliphatic hydroxyl groups is 1. The van der Waals surface area contributed by atoms with Crippen molar-refractivity contribution < 1.29 is 9.90 Å². The number of amides is 2. The third kappa shape index (κ3) is 4.40. The topological polar surface area (TPSA) is 74.2 Å². The van der Waals surface area contributed by atoms with Crippen molar-refractivity contribution in [3.05, 3.63) is 24.0 Å². The third-order valence-corrected chi connectivity index (χ3v) is 2.51. The summed E-state index contributed by atoms with van der Waals surface area (Å²) in [7, 11) is 0. The van der Waals surface area contributed by atoms with E-state index in [9.17, 15) is 9.90 Å². The molecule has 1 atom stereocenters. The molecule has 5 nitrogen and oxygen atoms in total. The summed E-state index contributed by atoms with van der Waals surface area (Å²) in [5, 5.41) is 14.9. The number of aryl methyl sites for hydroxylation is 1. The van der Waals surface area contributed by atoms with Gasteiger partial charge >= 0.3 is 6.03 Å². The van der Waals surface area contributed by atoms with E-state index in [2.05, 4.69) is 15.6 Å². The number of nitrogens with one attached hydrogen (secondary N) is 2. The zero-order chi connectivity index (χ0) is 12.8. The van der Waals surface area contributed by atoms with E-state index in [0.717, 1.165) is 11.3 Å². The van der Waals surface area contributed by atoms with Crippen molar-refractivity contribution in [3.63, 3.8) is 0 Å². The molecule has 5 heteroatoms. The van der Waals surface area contributed by atoms with E-state index < -0.39 is 6.10 Å². The number of pyridine rings is 1. The molecule has 0 aliphatic rings. The number of aliphatic hydroxyl groups excluding tert-OH is 1. The van der Waals surface area contributed by atoms with Gasteiger partial charge in [0.15, 0.2) is 0 Å². The van der Waals surface area contributed by atoms with Gasteiger partial charge in [0.1, 0.15) is 0 Å². The van der Waals surface area contributed by atoms with E-state index >= 15 is 0 Å². The number of hydrogen-bond acceptors (Lipinski definition) is 3. The van der Waals surface area contributed by atoms with Crippen molar-refractivity contribution >= 4 is 11.7 Å². The lowest BCUT2D eigenvalue weighted by Gasteiger charge is -2.15. The zero-order valence-corrected chi connectivity index (χ0v) is 10.4. The Hall–Kier alpha value is -1.62. The molecule has 17 heavy (non-hydrogen) atoms. The first-order valence-corrected chi connectivity index (χ1v) is 5.64. The molecule has 0 aliphatic heterocycles. The van der Waals surface area contributed by atoms with Gasteiger partial charge in [0, 0.05) is 24.6 Å². The van der Waals surface area contributed by atoms with Gasteiger partial charge < -0.3 is 15.7 Å². The Morgan fingerprint density at radius 2 is 2.24 bits per heavy atom. The maximum Gasteiger partial charge on any atom is 0.319 e. The molecular formula is C12H19N3O2. The van der Waals surface area contributed by atoms with Crippen LogP contribution in [0.5, 0.6) is 0 Å². The second-order valence-corrected chi connectivity index (χ2v) is 4.34. The van der Waals surface area contributed by atoms with Crippen LogP contribution in [0.25, 0.3) is 0 Å². The maximum atomic E-state index is 11.5. The molecule has 1 heterocycles. The fourth-order valence-electron chi connectivity index (χ4n) is 1.21. The summed E-state index contributed by atoms with van der Waals surface area (Å²) in [5.74, 6) is 0.123. The highest BCUT2D eigenvalue weighted by molar-refractivity contribution is 5.89. The van der Waals surface area contributed by atoms with Crippen molar-refractivity contribution in [2.24, 2.45) is 5.92 Å². The summed E-state index contributed by atoms with van der Waals surface area (Å²) in [5.41, 5.74) is 1.61. The zero-order valence-electron chi connectivity index (χ0n) is 10.4. The Balaban J connectivity index is 2.43. The van der Waals surface area contributed by atoms with Gasteiger partial charge in [-0.25, -0.2) is 4.79 Å². The molecule has 0 saturated carbocycles. The Kier molecular flexibility index (Phi) is 4.90. The van der Waals surface area contributed by atoms with Crippen molar-refractivity contribution in [2.45, 2.75) is 26.9 Å². The van der Waals surface area contributed by atoms with Crippen LogP contribution < -0.4 is 10.6 Å². The molecule has 1 aromatic rings. The lowest BCUT2D eigenvalue weighted by molar-refractivity contribution is 0.126. The summed E-state index contributed by atoms with van der Waals surface area (Å²) in [4.78, 5) is 15.5. The molecule has 1 rings (SSSR count). The average Bonchev–Trinajstić information content (AvgIpc) is 2.29. The summed E-state index contributed by atoms with van der Waals surface area (Å²) in [6.07, 6.45) is 2.77. The van der Waals surface area contributed by atoms with E-state index in [0.29, 0.717) is 0 Å². The fraction of sp³-hybridized carbons (Fsp3) is 0.500. The number of aromatic nitrogens is 1. The second-order valence-electron chi connectivity index (χ2n) is 4.34. The number of urea groups is 1. The number of anilines is 1. The second kappa shape index (κ2) is 6.20. The van der Waals surface area contributed by atoms with Crippen molar-refractivity contribution in [1.29, 1.82) is 0 Å². The van der Waals surface area contributed by atoms with Gasteiger partial charge in [0.2, 0.25) is 0 Å². The average molecular weight is 237 g/mol. The van der Waals surface area contributed by atoms with E-state index in [-0.39, 0.29) is 18.5 Å². The molecular weight excluding hydrogens is 218 g/mol. The Morgan fingerprint density at radius 1 is 1.53 bits per heavy atom. The molecule has 2 amide bonds. The maximum absolute atomic E-state index is 11.5. The van der Waals surface area contributed by atoms with E-state index in [4.69, 9.17) is 0 Å². The molecule has 1 aromatic heterocycles. The molecule has 0 aromatic carbocycles. The Bertz CT molecular complexity index is 380. The van der Waals surface area contributed by atoms with Gasteiger partial charge in [-0.15, -0.1) is 0 Å². The molecule has 3 N–H and O–H groups in total. The number of carbonyl (C=O) groups excluding carboxylic acids is 1. The first kappa shape index (κ1) is 13.4. The van der Waals surface area contributed by atoms with E-state index in [1.165, 1.54) is 0 Å². The minimum atomic E-state index is -0.528. The van der Waals surface area contributed by atoms with Gasteiger partial charge in [-0.05, 0) is 24.5 Å². The Labute approximate surface area is 101 Å². The van der Waals surface area contributed by atoms with Crippen LogP contribution in [0.4, 0.5) is 10.5 Å². The summed E-state index contributed by atoms with van der Waals surface area (Å²) in [6, 6.07) is 1.41. The molecule has 1 unspecified atom stereocenters. The van der Waals surface area contributed by atoms with Crippen LogP contribution >= 0.6 is 0 Å². The standard InChI is InChI=1S/C12H19N3O2/c1-8(2)11(16)7-14-12(17)15-10-4-5-13-6-9(10)3/h4-6,8,11,16H,7H2,1-3H3,(H2,13,14,15,17). The van der Waals surface area contributed by atoms with Crippen molar-refractivity contribution in [2.75, 3.05) is 11.9 Å². The lowest BCUT2D eigenvalue weighted by atomic mass is 10.1. The van der Waals surface area contributed by atoms with Crippen molar-refractivity contribution in [1.82, 2.24) is 10.3 Å². The van der Waals surface area contributed by atoms with Crippen LogP contribution in [-0.2, 0) is 0 Å². The SMILES string of the molecule is Cc1cnccc1NC(=O)NCC(O)C(C)C. The molecule has 0 fully saturated rings. The van der Waals surface area contributed by atoms with E-state index in [1.54, 1.807) is 18.5 Å². The van der Waals surface area contributed by atoms with Gasteiger partial charge in [0.25, 0.3) is 0 Å². The molecule has 0 saturated heterocycles. The van der Waals surface area contributed by atoms with Crippen LogP contribution in [-0.4, -0.2) is 28.8 Å². The minimum Gasteiger partial charge on any atom is -0.391 e. The van der Waals surface area contributed by atoms with Gasteiger partial charge in [0.05, 0.1) is 6.10 Å². The minimum absolute atomic E-state index is 0.123. The van der Waals surface area contributed by atoms with Crippen molar-refractivity contribution in [3.8, 4) is 0 Å². The monoisotopic (exact) mass is 237 g/mol. The van der Waals surface area contributed by atoms with Gasteiger partial charge in [-0.1, -0.05) is 13.8 Å². The van der Waals surface area contributed by atoms with Crippen LogP contribution in [0.2, 0.25) is 0 Å². The smallest absolute Gasteiger partial charge is 0.319 e. The fourth-order valence-corrected chi connectivity index (χ4v) is 1.21. The first-order chi connectivity index (χ1) is 8.00. The Morgan fingerprint density at radius 3 is 2.82 bits per heavy atom. The highest BCUT2D eigenvalue weighted by Crippen LogP contribution is 2.10. The van der Waals surface area contributed by atoms with Crippen LogP contribution in [0.15, 0.2) is 18.5 Å². The molecule has 0 spiro atoms. The third-order valence-electron chi connectivity index (χ3n) is 2.51. The highest BCUT2D eigenvalue weighted by atomic mass is 16.3. The molecule has 0 radical (unpaired) electrons. The number of carbonyl (C=O) groups is 1. The van der Waals surface area contributed by atoms with Gasteiger partial charge in [-0.2, -0.15) is 0 Å². The predicted octanol–water partition coefficient (Wildman–Crippen LogP) is 1.53. The summed E-state index contributed by atoms with van der Waals surface area (Å²) < 4.78 is 0. The predicted molar refractivity (Wildman–Crippen MR) is 66.8 cm³/mol. The summed E-state index contributed by atoms with van der Waals surface area (Å²) >= 11 is 0. The number of rotatable bonds is 4. The number of nitrogens with zero attached hydrogens (tertiary/aromatic N) is 1. The lowest BCUT2D eigenvalue weighted by Crippen LogP contribution is -2.37.